The lowest BCUT2D eigenvalue weighted by atomic mass is 10.2. The molecule has 0 spiro atoms. The van der Waals surface area contributed by atoms with E-state index in [0.29, 0.717) is 0 Å². The number of rotatable bonds is 10. The van der Waals surface area contributed by atoms with Crippen LogP contribution in [0.4, 0.5) is 4.79 Å². The highest BCUT2D eigenvalue weighted by Gasteiger charge is 2.21. The molecule has 0 radical (unpaired) electrons. The Morgan fingerprint density at radius 3 is 2.37 bits per heavy atom. The summed E-state index contributed by atoms with van der Waals surface area (Å²) in [5.74, 6) is -2.01. The SMILES string of the molecule is CCOC(=O)CNC(=O)CNC(=O)C(CO)NC(=O)OCc1ccccc1. The van der Waals surface area contributed by atoms with Crippen molar-refractivity contribution in [2.24, 2.45) is 0 Å². The summed E-state index contributed by atoms with van der Waals surface area (Å²) in [6.07, 6.45) is -0.889. The lowest BCUT2D eigenvalue weighted by Gasteiger charge is -2.16. The number of benzene rings is 1. The zero-order valence-electron chi connectivity index (χ0n) is 14.9. The number of carbonyl (C=O) groups is 4. The second kappa shape index (κ2) is 12.3. The van der Waals surface area contributed by atoms with Gasteiger partial charge in [-0.05, 0) is 12.5 Å². The molecule has 4 N–H and O–H groups in total. The van der Waals surface area contributed by atoms with Crippen LogP contribution < -0.4 is 16.0 Å². The number of hydrogen-bond donors (Lipinski definition) is 4. The molecular weight excluding hydrogens is 358 g/mol. The Kier molecular flexibility index (Phi) is 9.94. The molecule has 0 aliphatic heterocycles. The average Bonchev–Trinajstić information content (AvgIpc) is 2.68. The third-order valence-corrected chi connectivity index (χ3v) is 3.16. The fourth-order valence-corrected chi connectivity index (χ4v) is 1.84. The summed E-state index contributed by atoms with van der Waals surface area (Å²) in [6, 6.07) is 7.63. The Morgan fingerprint density at radius 2 is 1.74 bits per heavy atom. The van der Waals surface area contributed by atoms with Crippen LogP contribution in [0.15, 0.2) is 30.3 Å². The minimum absolute atomic E-state index is 0.00269. The maximum Gasteiger partial charge on any atom is 0.408 e. The van der Waals surface area contributed by atoms with Crippen LogP contribution in [0.5, 0.6) is 0 Å². The first-order valence-electron chi connectivity index (χ1n) is 8.24. The molecule has 0 aliphatic carbocycles. The number of alkyl carbamates (subject to hydrolysis) is 1. The summed E-state index contributed by atoms with van der Waals surface area (Å²) in [5.41, 5.74) is 0.760. The quantitative estimate of drug-likeness (QED) is 0.383. The summed E-state index contributed by atoms with van der Waals surface area (Å²) >= 11 is 0. The fourth-order valence-electron chi connectivity index (χ4n) is 1.84. The van der Waals surface area contributed by atoms with Crippen LogP contribution in [0.25, 0.3) is 0 Å². The largest absolute Gasteiger partial charge is 0.465 e. The van der Waals surface area contributed by atoms with E-state index in [0.717, 1.165) is 5.56 Å². The molecule has 0 saturated heterocycles. The summed E-state index contributed by atoms with van der Waals surface area (Å²) in [6.45, 7) is 0.382. The van der Waals surface area contributed by atoms with Crippen molar-refractivity contribution >= 4 is 23.9 Å². The number of amides is 3. The molecule has 10 heteroatoms. The molecule has 0 bridgehead atoms. The first-order chi connectivity index (χ1) is 13.0. The second-order valence-corrected chi connectivity index (χ2v) is 5.24. The van der Waals surface area contributed by atoms with Crippen LogP contribution in [0.3, 0.4) is 0 Å². The van der Waals surface area contributed by atoms with Crippen molar-refractivity contribution in [2.45, 2.75) is 19.6 Å². The molecule has 0 heterocycles. The van der Waals surface area contributed by atoms with Gasteiger partial charge in [0.1, 0.15) is 19.2 Å². The Hall–Kier alpha value is -3.14. The van der Waals surface area contributed by atoms with Gasteiger partial charge in [-0.2, -0.15) is 0 Å². The molecule has 3 amide bonds. The van der Waals surface area contributed by atoms with E-state index >= 15 is 0 Å². The number of carbonyl (C=O) groups excluding carboxylic acids is 4. The minimum Gasteiger partial charge on any atom is -0.465 e. The molecule has 1 unspecified atom stereocenters. The summed E-state index contributed by atoms with van der Waals surface area (Å²) in [5, 5.41) is 15.9. The van der Waals surface area contributed by atoms with E-state index < -0.39 is 43.1 Å². The van der Waals surface area contributed by atoms with Gasteiger partial charge in [-0.3, -0.25) is 14.4 Å². The van der Waals surface area contributed by atoms with Crippen molar-refractivity contribution in [3.63, 3.8) is 0 Å². The fraction of sp³-hybridized carbons (Fsp3) is 0.412. The summed E-state index contributed by atoms with van der Waals surface area (Å²) < 4.78 is 9.59. The van der Waals surface area contributed by atoms with Crippen molar-refractivity contribution in [2.75, 3.05) is 26.3 Å². The number of aliphatic hydroxyl groups excluding tert-OH is 1. The van der Waals surface area contributed by atoms with Crippen molar-refractivity contribution < 1.29 is 33.8 Å². The minimum atomic E-state index is -1.29. The third kappa shape index (κ3) is 9.21. The number of ether oxygens (including phenoxy) is 2. The van der Waals surface area contributed by atoms with Gasteiger partial charge in [-0.1, -0.05) is 30.3 Å². The summed E-state index contributed by atoms with van der Waals surface area (Å²) in [7, 11) is 0. The van der Waals surface area contributed by atoms with Gasteiger partial charge >= 0.3 is 12.1 Å². The van der Waals surface area contributed by atoms with Gasteiger partial charge in [0.05, 0.1) is 19.8 Å². The van der Waals surface area contributed by atoms with Crippen molar-refractivity contribution in [3.8, 4) is 0 Å². The number of aliphatic hydroxyl groups is 1. The van der Waals surface area contributed by atoms with Gasteiger partial charge < -0.3 is 30.5 Å². The zero-order valence-corrected chi connectivity index (χ0v) is 14.9. The van der Waals surface area contributed by atoms with Crippen LogP contribution in [-0.4, -0.2) is 61.3 Å². The Morgan fingerprint density at radius 1 is 1.04 bits per heavy atom. The molecule has 1 atom stereocenters. The lowest BCUT2D eigenvalue weighted by molar-refractivity contribution is -0.143. The van der Waals surface area contributed by atoms with Gasteiger partial charge in [0, 0.05) is 0 Å². The Balaban J connectivity index is 2.32. The van der Waals surface area contributed by atoms with Crippen molar-refractivity contribution in [3.05, 3.63) is 35.9 Å². The molecule has 0 saturated carbocycles. The average molecular weight is 381 g/mol. The normalized spacial score (nSPS) is 11.0. The van der Waals surface area contributed by atoms with Crippen LogP contribution in [-0.2, 0) is 30.5 Å². The highest BCUT2D eigenvalue weighted by Crippen LogP contribution is 2.00. The van der Waals surface area contributed by atoms with E-state index in [-0.39, 0.29) is 19.8 Å². The van der Waals surface area contributed by atoms with Crippen LogP contribution in [0.2, 0.25) is 0 Å². The molecule has 0 aliphatic rings. The van der Waals surface area contributed by atoms with Gasteiger partial charge in [-0.25, -0.2) is 4.79 Å². The predicted molar refractivity (Wildman–Crippen MR) is 93.3 cm³/mol. The van der Waals surface area contributed by atoms with Crippen molar-refractivity contribution in [1.29, 1.82) is 0 Å². The maximum atomic E-state index is 11.9. The third-order valence-electron chi connectivity index (χ3n) is 3.16. The Bertz CT molecular complexity index is 637. The van der Waals surface area contributed by atoms with E-state index in [1.165, 1.54) is 0 Å². The smallest absolute Gasteiger partial charge is 0.408 e. The van der Waals surface area contributed by atoms with E-state index in [9.17, 15) is 24.3 Å². The molecule has 27 heavy (non-hydrogen) atoms. The lowest BCUT2D eigenvalue weighted by Crippen LogP contribution is -2.51. The van der Waals surface area contributed by atoms with E-state index in [1.807, 2.05) is 6.07 Å². The van der Waals surface area contributed by atoms with Crippen LogP contribution in [0.1, 0.15) is 12.5 Å². The molecule has 1 rings (SSSR count). The van der Waals surface area contributed by atoms with E-state index in [4.69, 9.17) is 4.74 Å². The van der Waals surface area contributed by atoms with E-state index in [1.54, 1.807) is 31.2 Å². The van der Waals surface area contributed by atoms with Gasteiger partial charge in [-0.15, -0.1) is 0 Å². The zero-order chi connectivity index (χ0) is 20.1. The Labute approximate surface area is 156 Å². The number of nitrogens with one attached hydrogen (secondary N) is 3. The molecule has 0 aromatic heterocycles. The highest BCUT2D eigenvalue weighted by atomic mass is 16.5. The van der Waals surface area contributed by atoms with Gasteiger partial charge in [0.15, 0.2) is 0 Å². The van der Waals surface area contributed by atoms with Crippen LogP contribution in [0, 0.1) is 0 Å². The predicted octanol–water partition coefficient (Wildman–Crippen LogP) is -0.931. The van der Waals surface area contributed by atoms with E-state index in [2.05, 4.69) is 20.7 Å². The monoisotopic (exact) mass is 381 g/mol. The number of esters is 1. The van der Waals surface area contributed by atoms with Crippen molar-refractivity contribution in [1.82, 2.24) is 16.0 Å². The summed E-state index contributed by atoms with van der Waals surface area (Å²) in [4.78, 5) is 46.3. The highest BCUT2D eigenvalue weighted by molar-refractivity contribution is 5.90. The standard InChI is InChI=1S/C17H23N3O7/c1-2-26-15(23)9-18-14(22)8-19-16(24)13(10-21)20-17(25)27-11-12-6-4-3-5-7-12/h3-7,13,21H,2,8-11H2,1H3,(H,18,22)(H,19,24)(H,20,25). The molecule has 1 aromatic rings. The molecule has 10 nitrogen and oxygen atoms in total. The molecular formula is C17H23N3O7. The number of hydrogen-bond acceptors (Lipinski definition) is 7. The maximum absolute atomic E-state index is 11.9. The topological polar surface area (TPSA) is 143 Å². The first kappa shape index (κ1) is 21.9. The van der Waals surface area contributed by atoms with Gasteiger partial charge in [0.25, 0.3) is 0 Å². The molecule has 1 aromatic carbocycles. The second-order valence-electron chi connectivity index (χ2n) is 5.24. The first-order valence-corrected chi connectivity index (χ1v) is 8.24. The molecule has 0 fully saturated rings. The molecule has 148 valence electrons. The van der Waals surface area contributed by atoms with Gasteiger partial charge in [0.2, 0.25) is 11.8 Å². The van der Waals surface area contributed by atoms with Crippen LogP contribution >= 0.6 is 0 Å².